The Balaban J connectivity index is 2.74. The van der Waals surface area contributed by atoms with Gasteiger partial charge in [0.25, 0.3) is 0 Å². The first-order valence-electron chi connectivity index (χ1n) is 4.82. The van der Waals surface area contributed by atoms with Gasteiger partial charge in [0.2, 0.25) is 0 Å². The zero-order chi connectivity index (χ0) is 10.1. The Hall–Kier alpha value is -0.570. The van der Waals surface area contributed by atoms with Crippen LogP contribution in [0.25, 0.3) is 0 Å². The Labute approximate surface area is 78.8 Å². The van der Waals surface area contributed by atoms with Gasteiger partial charge >= 0.3 is 5.97 Å². The molecule has 3 nitrogen and oxygen atoms in total. The van der Waals surface area contributed by atoms with Gasteiger partial charge in [0.05, 0.1) is 11.0 Å². The van der Waals surface area contributed by atoms with E-state index in [9.17, 15) is 9.90 Å². The van der Waals surface area contributed by atoms with E-state index in [-0.39, 0.29) is 0 Å². The van der Waals surface area contributed by atoms with Crippen LogP contribution < -0.4 is 0 Å². The molecule has 13 heavy (non-hydrogen) atoms. The summed E-state index contributed by atoms with van der Waals surface area (Å²) >= 11 is 0. The highest BCUT2D eigenvalue weighted by atomic mass is 16.4. The summed E-state index contributed by atoms with van der Waals surface area (Å²) in [4.78, 5) is 11.1. The van der Waals surface area contributed by atoms with Gasteiger partial charge in [-0.25, -0.2) is 0 Å². The lowest BCUT2D eigenvalue weighted by atomic mass is 9.77. The van der Waals surface area contributed by atoms with E-state index in [1.807, 2.05) is 0 Å². The number of aliphatic carboxylic acids is 1. The Morgan fingerprint density at radius 2 is 1.85 bits per heavy atom. The number of hydrogen-bond donors (Lipinski definition) is 2. The standard InChI is InChI=1S/C10H18O3/c1-9(2,13)7-10(8(11)12)5-3-4-6-10/h13H,3-7H2,1-2H3,(H,11,12). The van der Waals surface area contributed by atoms with Crippen molar-refractivity contribution in [2.24, 2.45) is 5.41 Å². The van der Waals surface area contributed by atoms with Crippen molar-refractivity contribution in [1.82, 2.24) is 0 Å². The second kappa shape index (κ2) is 3.29. The third-order valence-electron chi connectivity index (χ3n) is 2.79. The molecule has 0 saturated heterocycles. The quantitative estimate of drug-likeness (QED) is 0.706. The van der Waals surface area contributed by atoms with Crippen molar-refractivity contribution in [3.63, 3.8) is 0 Å². The van der Waals surface area contributed by atoms with Gasteiger partial charge < -0.3 is 10.2 Å². The number of aliphatic hydroxyl groups is 1. The van der Waals surface area contributed by atoms with E-state index in [0.29, 0.717) is 19.3 Å². The van der Waals surface area contributed by atoms with Crippen LogP contribution >= 0.6 is 0 Å². The second-order valence-corrected chi connectivity index (χ2v) is 4.78. The van der Waals surface area contributed by atoms with Gasteiger partial charge in [-0.1, -0.05) is 12.8 Å². The third-order valence-corrected chi connectivity index (χ3v) is 2.79. The third kappa shape index (κ3) is 2.44. The molecule has 0 spiro atoms. The Bertz CT molecular complexity index is 197. The van der Waals surface area contributed by atoms with E-state index in [4.69, 9.17) is 5.11 Å². The molecule has 1 fully saturated rings. The maximum Gasteiger partial charge on any atom is 0.309 e. The van der Waals surface area contributed by atoms with Crippen molar-refractivity contribution in [2.75, 3.05) is 0 Å². The number of carboxylic acid groups (broad SMARTS) is 1. The number of carboxylic acids is 1. The largest absolute Gasteiger partial charge is 0.481 e. The molecule has 0 heterocycles. The average molecular weight is 186 g/mol. The lowest BCUT2D eigenvalue weighted by molar-refractivity contribution is -0.152. The van der Waals surface area contributed by atoms with Gasteiger partial charge in [-0.2, -0.15) is 0 Å². The zero-order valence-electron chi connectivity index (χ0n) is 8.34. The predicted octanol–water partition coefficient (Wildman–Crippen LogP) is 1.79. The molecule has 1 saturated carbocycles. The van der Waals surface area contributed by atoms with Crippen molar-refractivity contribution in [2.45, 2.75) is 51.6 Å². The lowest BCUT2D eigenvalue weighted by Gasteiger charge is -2.30. The van der Waals surface area contributed by atoms with Crippen molar-refractivity contribution in [3.8, 4) is 0 Å². The SMILES string of the molecule is CC(C)(O)CC1(C(=O)O)CCCC1. The summed E-state index contributed by atoms with van der Waals surface area (Å²) in [5, 5.41) is 18.7. The maximum absolute atomic E-state index is 11.1. The van der Waals surface area contributed by atoms with E-state index >= 15 is 0 Å². The molecule has 3 heteroatoms. The lowest BCUT2D eigenvalue weighted by Crippen LogP contribution is -2.36. The highest BCUT2D eigenvalue weighted by Gasteiger charge is 2.44. The van der Waals surface area contributed by atoms with Crippen LogP contribution in [0, 0.1) is 5.41 Å². The van der Waals surface area contributed by atoms with Crippen molar-refractivity contribution >= 4 is 5.97 Å². The summed E-state index contributed by atoms with van der Waals surface area (Å²) in [6.45, 7) is 3.35. The van der Waals surface area contributed by atoms with Crippen LogP contribution in [0.4, 0.5) is 0 Å². The highest BCUT2D eigenvalue weighted by Crippen LogP contribution is 2.44. The Kier molecular flexibility index (Phi) is 2.66. The molecule has 2 N–H and O–H groups in total. The fraction of sp³-hybridized carbons (Fsp3) is 0.900. The zero-order valence-corrected chi connectivity index (χ0v) is 8.34. The average Bonchev–Trinajstić information content (AvgIpc) is 2.33. The van der Waals surface area contributed by atoms with Crippen LogP contribution in [-0.4, -0.2) is 21.8 Å². The molecule has 0 aliphatic heterocycles. The normalized spacial score (nSPS) is 21.8. The molecule has 76 valence electrons. The maximum atomic E-state index is 11.1. The summed E-state index contributed by atoms with van der Waals surface area (Å²) < 4.78 is 0. The van der Waals surface area contributed by atoms with Gasteiger partial charge in [0.1, 0.15) is 0 Å². The number of hydrogen-bond acceptors (Lipinski definition) is 2. The van der Waals surface area contributed by atoms with Gasteiger partial charge in [-0.05, 0) is 33.1 Å². The summed E-state index contributed by atoms with van der Waals surface area (Å²) in [7, 11) is 0. The molecule has 1 rings (SSSR count). The van der Waals surface area contributed by atoms with E-state index < -0.39 is 17.0 Å². The molecule has 0 radical (unpaired) electrons. The van der Waals surface area contributed by atoms with Gasteiger partial charge in [0.15, 0.2) is 0 Å². The molecule has 1 aliphatic carbocycles. The van der Waals surface area contributed by atoms with E-state index in [1.54, 1.807) is 13.8 Å². The number of carbonyl (C=O) groups is 1. The monoisotopic (exact) mass is 186 g/mol. The van der Waals surface area contributed by atoms with Crippen LogP contribution in [0.15, 0.2) is 0 Å². The second-order valence-electron chi connectivity index (χ2n) is 4.78. The van der Waals surface area contributed by atoms with Crippen LogP contribution in [0.1, 0.15) is 46.0 Å². The minimum atomic E-state index is -0.872. The van der Waals surface area contributed by atoms with E-state index in [0.717, 1.165) is 12.8 Å². The summed E-state index contributed by atoms with van der Waals surface area (Å²) in [6.07, 6.45) is 3.75. The van der Waals surface area contributed by atoms with Crippen LogP contribution in [0.2, 0.25) is 0 Å². The van der Waals surface area contributed by atoms with E-state index in [2.05, 4.69) is 0 Å². The smallest absolute Gasteiger partial charge is 0.309 e. The fourth-order valence-corrected chi connectivity index (χ4v) is 2.35. The molecule has 0 bridgehead atoms. The molecular weight excluding hydrogens is 168 g/mol. The Morgan fingerprint density at radius 1 is 1.38 bits per heavy atom. The van der Waals surface area contributed by atoms with Crippen LogP contribution in [0.3, 0.4) is 0 Å². The first-order valence-corrected chi connectivity index (χ1v) is 4.82. The first-order chi connectivity index (χ1) is 5.86. The molecule has 0 unspecified atom stereocenters. The Morgan fingerprint density at radius 3 is 2.15 bits per heavy atom. The molecule has 0 aromatic heterocycles. The molecule has 1 aliphatic rings. The fourth-order valence-electron chi connectivity index (χ4n) is 2.35. The molecular formula is C10H18O3. The van der Waals surface area contributed by atoms with Crippen LogP contribution in [-0.2, 0) is 4.79 Å². The molecule has 0 amide bonds. The number of rotatable bonds is 3. The predicted molar refractivity (Wildman–Crippen MR) is 49.5 cm³/mol. The minimum absolute atomic E-state index is 0.370. The summed E-state index contributed by atoms with van der Waals surface area (Å²) in [5.41, 5.74) is -1.53. The van der Waals surface area contributed by atoms with Crippen LogP contribution in [0.5, 0.6) is 0 Å². The first kappa shape index (κ1) is 10.5. The van der Waals surface area contributed by atoms with Gasteiger partial charge in [-0.3, -0.25) is 4.79 Å². The van der Waals surface area contributed by atoms with Gasteiger partial charge in [0, 0.05) is 0 Å². The van der Waals surface area contributed by atoms with Crippen molar-refractivity contribution < 1.29 is 15.0 Å². The van der Waals surface area contributed by atoms with Gasteiger partial charge in [-0.15, -0.1) is 0 Å². The molecule has 0 atom stereocenters. The summed E-state index contributed by atoms with van der Waals surface area (Å²) in [6, 6.07) is 0. The molecule has 0 aromatic rings. The minimum Gasteiger partial charge on any atom is -0.481 e. The van der Waals surface area contributed by atoms with Crippen molar-refractivity contribution in [1.29, 1.82) is 0 Å². The van der Waals surface area contributed by atoms with E-state index in [1.165, 1.54) is 0 Å². The summed E-state index contributed by atoms with van der Waals surface area (Å²) in [5.74, 6) is -0.743. The highest BCUT2D eigenvalue weighted by molar-refractivity contribution is 5.75. The molecule has 0 aromatic carbocycles. The van der Waals surface area contributed by atoms with Crippen molar-refractivity contribution in [3.05, 3.63) is 0 Å². The topological polar surface area (TPSA) is 57.5 Å².